The van der Waals surface area contributed by atoms with Gasteiger partial charge in [-0.25, -0.2) is 0 Å². The summed E-state index contributed by atoms with van der Waals surface area (Å²) in [6.07, 6.45) is -4.32. The van der Waals surface area contributed by atoms with Gasteiger partial charge in [0.15, 0.2) is 0 Å². The fraction of sp³-hybridized carbons (Fsp3) is 0.538. The van der Waals surface area contributed by atoms with E-state index in [0.29, 0.717) is 29.0 Å². The number of hydrogen-bond donors (Lipinski definition) is 2. The molecule has 3 N–H and O–H groups in total. The third-order valence-corrected chi connectivity index (χ3v) is 3.76. The Labute approximate surface area is 119 Å². The molecule has 0 fully saturated rings. The summed E-state index contributed by atoms with van der Waals surface area (Å²) in [6, 6.07) is 3.73. The standard InChI is InChI=1S/C13H18BrF3N2/c1-8(2)12(6-18)19-7-9-5-10(13(15,16)17)3-4-11(9)14/h3-5,8,12,19H,6-7,18H2,1-2H3. The van der Waals surface area contributed by atoms with Crippen LogP contribution in [-0.4, -0.2) is 12.6 Å². The van der Waals surface area contributed by atoms with Crippen LogP contribution in [0.5, 0.6) is 0 Å². The predicted molar refractivity (Wildman–Crippen MR) is 73.7 cm³/mol. The summed E-state index contributed by atoms with van der Waals surface area (Å²) in [7, 11) is 0. The topological polar surface area (TPSA) is 38.0 Å². The molecule has 2 nitrogen and oxygen atoms in total. The molecule has 0 saturated heterocycles. The van der Waals surface area contributed by atoms with E-state index in [9.17, 15) is 13.2 Å². The normalized spacial score (nSPS) is 13.9. The number of nitrogens with one attached hydrogen (secondary N) is 1. The highest BCUT2D eigenvalue weighted by atomic mass is 79.9. The summed E-state index contributed by atoms with van der Waals surface area (Å²) in [5.74, 6) is 0.328. The number of alkyl halides is 3. The van der Waals surface area contributed by atoms with Crippen molar-refractivity contribution in [3.8, 4) is 0 Å². The van der Waals surface area contributed by atoms with Crippen molar-refractivity contribution in [3.05, 3.63) is 33.8 Å². The lowest BCUT2D eigenvalue weighted by atomic mass is 10.0. The van der Waals surface area contributed by atoms with Gasteiger partial charge in [-0.15, -0.1) is 0 Å². The zero-order valence-electron chi connectivity index (χ0n) is 10.9. The lowest BCUT2D eigenvalue weighted by Gasteiger charge is -2.21. The zero-order chi connectivity index (χ0) is 14.6. The molecule has 19 heavy (non-hydrogen) atoms. The van der Waals surface area contributed by atoms with Crippen LogP contribution in [0.25, 0.3) is 0 Å². The van der Waals surface area contributed by atoms with Crippen LogP contribution >= 0.6 is 15.9 Å². The van der Waals surface area contributed by atoms with Crippen molar-refractivity contribution in [1.29, 1.82) is 0 Å². The Morgan fingerprint density at radius 2 is 1.95 bits per heavy atom. The highest BCUT2D eigenvalue weighted by Crippen LogP contribution is 2.31. The third kappa shape index (κ3) is 4.78. The fourth-order valence-electron chi connectivity index (χ4n) is 1.72. The van der Waals surface area contributed by atoms with Crippen LogP contribution in [0.4, 0.5) is 13.2 Å². The monoisotopic (exact) mass is 338 g/mol. The summed E-state index contributed by atoms with van der Waals surface area (Å²) >= 11 is 3.27. The smallest absolute Gasteiger partial charge is 0.329 e. The molecule has 108 valence electrons. The molecule has 0 aliphatic rings. The quantitative estimate of drug-likeness (QED) is 0.861. The largest absolute Gasteiger partial charge is 0.416 e. The van der Waals surface area contributed by atoms with E-state index in [-0.39, 0.29) is 6.04 Å². The Balaban J connectivity index is 2.83. The van der Waals surface area contributed by atoms with Crippen molar-refractivity contribution in [2.24, 2.45) is 11.7 Å². The molecular formula is C13H18BrF3N2. The Morgan fingerprint density at radius 1 is 1.32 bits per heavy atom. The number of benzene rings is 1. The minimum atomic E-state index is -4.32. The summed E-state index contributed by atoms with van der Waals surface area (Å²) in [4.78, 5) is 0. The number of rotatable bonds is 5. The second kappa shape index (κ2) is 6.72. The van der Waals surface area contributed by atoms with Crippen molar-refractivity contribution in [2.45, 2.75) is 32.6 Å². The van der Waals surface area contributed by atoms with Crippen molar-refractivity contribution >= 4 is 15.9 Å². The molecule has 0 radical (unpaired) electrons. The van der Waals surface area contributed by atoms with Crippen LogP contribution in [0, 0.1) is 5.92 Å². The van der Waals surface area contributed by atoms with Gasteiger partial charge in [-0.05, 0) is 29.7 Å². The second-order valence-electron chi connectivity index (χ2n) is 4.77. The van der Waals surface area contributed by atoms with E-state index in [1.54, 1.807) is 0 Å². The first-order chi connectivity index (χ1) is 8.75. The average Bonchev–Trinajstić information content (AvgIpc) is 2.30. The molecule has 1 rings (SSSR count). The van der Waals surface area contributed by atoms with Crippen LogP contribution in [0.3, 0.4) is 0 Å². The first-order valence-corrected chi connectivity index (χ1v) is 6.84. The molecule has 6 heteroatoms. The molecule has 0 aliphatic heterocycles. The van der Waals surface area contributed by atoms with Crippen molar-refractivity contribution in [2.75, 3.05) is 6.54 Å². The second-order valence-corrected chi connectivity index (χ2v) is 5.63. The molecule has 0 bridgehead atoms. The van der Waals surface area contributed by atoms with Gasteiger partial charge in [-0.3, -0.25) is 0 Å². The predicted octanol–water partition coefficient (Wildman–Crippen LogP) is 3.54. The summed E-state index contributed by atoms with van der Waals surface area (Å²) in [6.45, 7) is 4.84. The van der Waals surface area contributed by atoms with Gasteiger partial charge in [0, 0.05) is 23.6 Å². The zero-order valence-corrected chi connectivity index (χ0v) is 12.5. The van der Waals surface area contributed by atoms with E-state index in [1.165, 1.54) is 6.07 Å². The SMILES string of the molecule is CC(C)C(CN)NCc1cc(C(F)(F)F)ccc1Br. The number of hydrogen-bond acceptors (Lipinski definition) is 2. The average molecular weight is 339 g/mol. The van der Waals surface area contributed by atoms with E-state index >= 15 is 0 Å². The van der Waals surface area contributed by atoms with Gasteiger partial charge in [0.25, 0.3) is 0 Å². The first kappa shape index (κ1) is 16.5. The van der Waals surface area contributed by atoms with Gasteiger partial charge in [0.1, 0.15) is 0 Å². The van der Waals surface area contributed by atoms with Gasteiger partial charge in [0.05, 0.1) is 5.56 Å². The highest BCUT2D eigenvalue weighted by Gasteiger charge is 2.30. The highest BCUT2D eigenvalue weighted by molar-refractivity contribution is 9.10. The van der Waals surface area contributed by atoms with Gasteiger partial charge in [0.2, 0.25) is 0 Å². The maximum Gasteiger partial charge on any atom is 0.416 e. The molecule has 0 aromatic heterocycles. The molecule has 1 atom stereocenters. The van der Waals surface area contributed by atoms with Crippen LogP contribution in [0.2, 0.25) is 0 Å². The lowest BCUT2D eigenvalue weighted by Crippen LogP contribution is -2.39. The Bertz CT molecular complexity index is 419. The maximum absolute atomic E-state index is 12.6. The van der Waals surface area contributed by atoms with E-state index in [1.807, 2.05) is 13.8 Å². The molecule has 0 spiro atoms. The fourth-order valence-corrected chi connectivity index (χ4v) is 2.11. The first-order valence-electron chi connectivity index (χ1n) is 6.04. The van der Waals surface area contributed by atoms with Crippen LogP contribution in [-0.2, 0) is 12.7 Å². The Hall–Kier alpha value is -0.590. The van der Waals surface area contributed by atoms with Crippen LogP contribution in [0.1, 0.15) is 25.0 Å². The number of nitrogens with two attached hydrogens (primary N) is 1. The van der Waals surface area contributed by atoms with E-state index in [0.717, 1.165) is 12.1 Å². The molecular weight excluding hydrogens is 321 g/mol. The van der Waals surface area contributed by atoms with Crippen LogP contribution in [0.15, 0.2) is 22.7 Å². The molecule has 0 amide bonds. The summed E-state index contributed by atoms with van der Waals surface area (Å²) < 4.78 is 38.6. The molecule has 0 aliphatic carbocycles. The van der Waals surface area contributed by atoms with Gasteiger partial charge in [-0.2, -0.15) is 13.2 Å². The molecule has 1 aromatic carbocycles. The minimum Gasteiger partial charge on any atom is -0.329 e. The van der Waals surface area contributed by atoms with Crippen molar-refractivity contribution in [1.82, 2.24) is 5.32 Å². The Morgan fingerprint density at radius 3 is 2.42 bits per heavy atom. The Kier molecular flexibility index (Phi) is 5.82. The van der Waals surface area contributed by atoms with Crippen LogP contribution < -0.4 is 11.1 Å². The molecule has 0 heterocycles. The van der Waals surface area contributed by atoms with E-state index < -0.39 is 11.7 Å². The summed E-state index contributed by atoms with van der Waals surface area (Å²) in [5.41, 5.74) is 5.56. The minimum absolute atomic E-state index is 0.0847. The van der Waals surface area contributed by atoms with Gasteiger partial charge in [-0.1, -0.05) is 29.8 Å². The van der Waals surface area contributed by atoms with Gasteiger partial charge < -0.3 is 11.1 Å². The third-order valence-electron chi connectivity index (χ3n) is 2.99. The lowest BCUT2D eigenvalue weighted by molar-refractivity contribution is -0.137. The van der Waals surface area contributed by atoms with E-state index in [2.05, 4.69) is 21.2 Å². The number of halogens is 4. The van der Waals surface area contributed by atoms with E-state index in [4.69, 9.17) is 5.73 Å². The van der Waals surface area contributed by atoms with Crippen molar-refractivity contribution in [3.63, 3.8) is 0 Å². The molecule has 1 aromatic rings. The van der Waals surface area contributed by atoms with Crippen molar-refractivity contribution < 1.29 is 13.2 Å². The molecule has 0 saturated carbocycles. The van der Waals surface area contributed by atoms with Gasteiger partial charge >= 0.3 is 6.18 Å². The molecule has 1 unspecified atom stereocenters. The summed E-state index contributed by atoms with van der Waals surface area (Å²) in [5, 5.41) is 3.18. The maximum atomic E-state index is 12.6.